The Kier molecular flexibility index (Phi) is 5.70. The molecule has 1 aliphatic heterocycles. The summed E-state index contributed by atoms with van der Waals surface area (Å²) in [5, 5.41) is 2.87. The fourth-order valence-corrected chi connectivity index (χ4v) is 3.30. The van der Waals surface area contributed by atoms with Gasteiger partial charge in [-0.1, -0.05) is 12.1 Å². The van der Waals surface area contributed by atoms with E-state index in [-0.39, 0.29) is 11.8 Å². The molecule has 3 rings (SSSR count). The highest BCUT2D eigenvalue weighted by Gasteiger charge is 2.20. The van der Waals surface area contributed by atoms with Gasteiger partial charge in [0.1, 0.15) is 0 Å². The number of nitrogens with zero attached hydrogens (tertiary/aromatic N) is 2. The molecule has 25 heavy (non-hydrogen) atoms. The second-order valence-corrected chi connectivity index (χ2v) is 7.39. The van der Waals surface area contributed by atoms with Crippen molar-refractivity contribution in [3.8, 4) is 0 Å². The maximum Gasteiger partial charge on any atom is 0.255 e. The van der Waals surface area contributed by atoms with Crippen LogP contribution in [-0.2, 0) is 0 Å². The molecule has 0 aromatic heterocycles. The molecule has 0 atom stereocenters. The molecule has 0 bridgehead atoms. The van der Waals surface area contributed by atoms with Gasteiger partial charge < -0.3 is 15.1 Å². The van der Waals surface area contributed by atoms with Crippen molar-refractivity contribution < 1.29 is 9.59 Å². The molecule has 1 heterocycles. The lowest BCUT2D eigenvalue weighted by Crippen LogP contribution is -2.47. The summed E-state index contributed by atoms with van der Waals surface area (Å²) in [5.74, 6) is -0.166. The number of piperazine rings is 1. The molecule has 0 aliphatic carbocycles. The maximum absolute atomic E-state index is 12.7. The number of amides is 2. The standard InChI is InChI=1S/C19H20IN3O2/c1-22-8-10-23(11-9-22)19(25)15-5-3-7-17(13-15)21-18(24)14-4-2-6-16(20)12-14/h2-7,12-13H,8-11H2,1H3,(H,21,24). The van der Waals surface area contributed by atoms with Crippen LogP contribution < -0.4 is 5.32 Å². The van der Waals surface area contributed by atoms with E-state index < -0.39 is 0 Å². The molecule has 2 aromatic carbocycles. The summed E-state index contributed by atoms with van der Waals surface area (Å²) in [6.07, 6.45) is 0. The lowest BCUT2D eigenvalue weighted by atomic mass is 10.1. The number of likely N-dealkylation sites (N-methyl/N-ethyl adjacent to an activating group) is 1. The van der Waals surface area contributed by atoms with Gasteiger partial charge in [0.2, 0.25) is 0 Å². The van der Waals surface area contributed by atoms with Gasteiger partial charge in [0.25, 0.3) is 11.8 Å². The van der Waals surface area contributed by atoms with E-state index in [0.717, 1.165) is 29.7 Å². The van der Waals surface area contributed by atoms with Crippen LogP contribution in [0, 0.1) is 3.57 Å². The van der Waals surface area contributed by atoms with Crippen LogP contribution in [0.5, 0.6) is 0 Å². The van der Waals surface area contributed by atoms with Gasteiger partial charge in [-0.15, -0.1) is 0 Å². The molecule has 0 saturated carbocycles. The summed E-state index contributed by atoms with van der Waals surface area (Å²) in [6, 6.07) is 14.5. The van der Waals surface area contributed by atoms with E-state index in [4.69, 9.17) is 0 Å². The fourth-order valence-electron chi connectivity index (χ4n) is 2.76. The molecule has 1 aliphatic rings. The summed E-state index contributed by atoms with van der Waals surface area (Å²) in [4.78, 5) is 29.1. The van der Waals surface area contributed by atoms with Crippen molar-refractivity contribution in [1.29, 1.82) is 0 Å². The Labute approximate surface area is 161 Å². The number of nitrogens with one attached hydrogen (secondary N) is 1. The third-order valence-corrected chi connectivity index (χ3v) is 4.92. The van der Waals surface area contributed by atoms with Crippen LogP contribution in [0.2, 0.25) is 0 Å². The molecule has 1 N–H and O–H groups in total. The average molecular weight is 449 g/mol. The lowest BCUT2D eigenvalue weighted by molar-refractivity contribution is 0.0664. The van der Waals surface area contributed by atoms with Crippen molar-refractivity contribution in [1.82, 2.24) is 9.80 Å². The van der Waals surface area contributed by atoms with E-state index in [9.17, 15) is 9.59 Å². The SMILES string of the molecule is CN1CCN(C(=O)c2cccc(NC(=O)c3cccc(I)c3)c2)CC1. The number of rotatable bonds is 3. The summed E-state index contributed by atoms with van der Waals surface area (Å²) in [5.41, 5.74) is 1.83. The number of halogens is 1. The van der Waals surface area contributed by atoms with E-state index in [1.54, 1.807) is 30.3 Å². The number of hydrogen-bond acceptors (Lipinski definition) is 3. The summed E-state index contributed by atoms with van der Waals surface area (Å²) in [7, 11) is 2.06. The third kappa shape index (κ3) is 4.58. The van der Waals surface area contributed by atoms with Crippen molar-refractivity contribution in [3.63, 3.8) is 0 Å². The van der Waals surface area contributed by atoms with Crippen LogP contribution in [-0.4, -0.2) is 54.8 Å². The quantitative estimate of drug-likeness (QED) is 0.734. The molecular formula is C19H20IN3O2. The van der Waals surface area contributed by atoms with Crippen LogP contribution >= 0.6 is 22.6 Å². The van der Waals surface area contributed by atoms with Gasteiger partial charge in [-0.2, -0.15) is 0 Å². The predicted octanol–water partition coefficient (Wildman–Crippen LogP) is 2.93. The summed E-state index contributed by atoms with van der Waals surface area (Å²) < 4.78 is 1.00. The second kappa shape index (κ2) is 7.97. The predicted molar refractivity (Wildman–Crippen MR) is 107 cm³/mol. The molecular weight excluding hydrogens is 429 g/mol. The zero-order chi connectivity index (χ0) is 17.8. The minimum absolute atomic E-state index is 0.0125. The van der Waals surface area contributed by atoms with Crippen LogP contribution in [0.3, 0.4) is 0 Å². The highest BCUT2D eigenvalue weighted by Crippen LogP contribution is 2.16. The van der Waals surface area contributed by atoms with Gasteiger partial charge in [-0.05, 0) is 66.0 Å². The molecule has 130 valence electrons. The molecule has 2 amide bonds. The van der Waals surface area contributed by atoms with E-state index in [1.165, 1.54) is 0 Å². The van der Waals surface area contributed by atoms with Crippen molar-refractivity contribution in [2.75, 3.05) is 38.5 Å². The number of carbonyl (C=O) groups excluding carboxylic acids is 2. The highest BCUT2D eigenvalue weighted by atomic mass is 127. The molecule has 6 heteroatoms. The molecule has 0 radical (unpaired) electrons. The Bertz CT molecular complexity index is 786. The first-order valence-corrected chi connectivity index (χ1v) is 9.25. The average Bonchev–Trinajstić information content (AvgIpc) is 2.62. The van der Waals surface area contributed by atoms with E-state index in [1.807, 2.05) is 23.1 Å². The van der Waals surface area contributed by atoms with Crippen molar-refractivity contribution in [2.24, 2.45) is 0 Å². The van der Waals surface area contributed by atoms with E-state index in [0.29, 0.717) is 16.8 Å². The first-order chi connectivity index (χ1) is 12.0. The molecule has 1 saturated heterocycles. The van der Waals surface area contributed by atoms with Crippen LogP contribution in [0.15, 0.2) is 48.5 Å². The van der Waals surface area contributed by atoms with Gasteiger partial charge in [0, 0.05) is 46.6 Å². The Balaban J connectivity index is 1.71. The Hall–Kier alpha value is -1.93. The minimum atomic E-state index is -0.178. The minimum Gasteiger partial charge on any atom is -0.336 e. The molecule has 5 nitrogen and oxygen atoms in total. The van der Waals surface area contributed by atoms with Crippen molar-refractivity contribution in [2.45, 2.75) is 0 Å². The normalized spacial score (nSPS) is 15.0. The molecule has 0 spiro atoms. The third-order valence-electron chi connectivity index (χ3n) is 4.24. The number of hydrogen-bond donors (Lipinski definition) is 1. The summed E-state index contributed by atoms with van der Waals surface area (Å²) >= 11 is 2.18. The molecule has 2 aromatic rings. The number of carbonyl (C=O) groups is 2. The monoisotopic (exact) mass is 449 g/mol. The highest BCUT2D eigenvalue weighted by molar-refractivity contribution is 14.1. The number of benzene rings is 2. The van der Waals surface area contributed by atoms with Gasteiger partial charge in [0.05, 0.1) is 0 Å². The van der Waals surface area contributed by atoms with Gasteiger partial charge in [-0.25, -0.2) is 0 Å². The van der Waals surface area contributed by atoms with Crippen LogP contribution in [0.1, 0.15) is 20.7 Å². The van der Waals surface area contributed by atoms with Crippen LogP contribution in [0.4, 0.5) is 5.69 Å². The molecule has 1 fully saturated rings. The lowest BCUT2D eigenvalue weighted by Gasteiger charge is -2.32. The largest absolute Gasteiger partial charge is 0.336 e. The summed E-state index contributed by atoms with van der Waals surface area (Å²) in [6.45, 7) is 3.23. The van der Waals surface area contributed by atoms with Crippen molar-refractivity contribution in [3.05, 3.63) is 63.2 Å². The molecule has 0 unspecified atom stereocenters. The van der Waals surface area contributed by atoms with Gasteiger partial charge in [0.15, 0.2) is 0 Å². The van der Waals surface area contributed by atoms with E-state index in [2.05, 4.69) is 39.9 Å². The number of anilines is 1. The van der Waals surface area contributed by atoms with Crippen molar-refractivity contribution >= 4 is 40.1 Å². The topological polar surface area (TPSA) is 52.6 Å². The zero-order valence-corrected chi connectivity index (χ0v) is 16.2. The fraction of sp³-hybridized carbons (Fsp3) is 0.263. The zero-order valence-electron chi connectivity index (χ0n) is 14.0. The van der Waals surface area contributed by atoms with E-state index >= 15 is 0 Å². The van der Waals surface area contributed by atoms with Gasteiger partial charge in [-0.3, -0.25) is 9.59 Å². The van der Waals surface area contributed by atoms with Crippen LogP contribution in [0.25, 0.3) is 0 Å². The maximum atomic E-state index is 12.7. The Morgan fingerprint density at radius 2 is 1.64 bits per heavy atom. The second-order valence-electron chi connectivity index (χ2n) is 6.14. The Morgan fingerprint density at radius 1 is 0.960 bits per heavy atom. The first-order valence-electron chi connectivity index (χ1n) is 8.18. The first kappa shape index (κ1) is 17.9. The smallest absolute Gasteiger partial charge is 0.255 e. The van der Waals surface area contributed by atoms with Gasteiger partial charge >= 0.3 is 0 Å². The Morgan fingerprint density at radius 3 is 2.36 bits per heavy atom.